The van der Waals surface area contributed by atoms with Gasteiger partial charge < -0.3 is 24.7 Å². The van der Waals surface area contributed by atoms with E-state index in [0.717, 1.165) is 10.9 Å². The van der Waals surface area contributed by atoms with Gasteiger partial charge in [-0.05, 0) is 31.2 Å². The number of nitrogens with zero attached hydrogens (tertiary/aromatic N) is 4. The number of benzene rings is 1. The van der Waals surface area contributed by atoms with Crippen LogP contribution in [0.5, 0.6) is 5.75 Å². The Morgan fingerprint density at radius 3 is 2.82 bits per heavy atom. The van der Waals surface area contributed by atoms with Gasteiger partial charge in [0.05, 0.1) is 47.7 Å². The van der Waals surface area contributed by atoms with Crippen molar-refractivity contribution in [3.8, 4) is 5.75 Å². The summed E-state index contributed by atoms with van der Waals surface area (Å²) in [5.41, 5.74) is 1.16. The molecule has 3 aromatic rings. The number of methoxy groups -OCH3 is 1. The molecular formula is C21H24ClIN6O4. The first kappa shape index (κ1) is 25.0. The van der Waals surface area contributed by atoms with E-state index in [0.29, 0.717) is 42.2 Å². The predicted octanol–water partition coefficient (Wildman–Crippen LogP) is 3.14. The molecule has 0 atom stereocenters. The number of anilines is 3. The summed E-state index contributed by atoms with van der Waals surface area (Å²) in [6.07, 6.45) is 1.53. The van der Waals surface area contributed by atoms with E-state index in [-0.39, 0.29) is 23.8 Å². The average Bonchev–Trinajstić information content (AvgIpc) is 2.82. The number of carbonyl (C=O) groups excluding carboxylic acids is 1. The summed E-state index contributed by atoms with van der Waals surface area (Å²) in [6.45, 7) is 3.23. The lowest BCUT2D eigenvalue weighted by Gasteiger charge is -2.16. The maximum atomic E-state index is 12.8. The van der Waals surface area contributed by atoms with Crippen LogP contribution < -0.4 is 24.0 Å². The van der Waals surface area contributed by atoms with Crippen LogP contribution in [0, 0.1) is 0 Å². The van der Waals surface area contributed by atoms with Crippen LogP contribution in [0.2, 0.25) is 5.02 Å². The minimum atomic E-state index is -0.322. The number of fused-ring (bicyclic) bond motifs is 1. The lowest BCUT2D eigenvalue weighted by molar-refractivity contribution is -0.122. The number of rotatable bonds is 10. The highest BCUT2D eigenvalue weighted by Crippen LogP contribution is 2.28. The van der Waals surface area contributed by atoms with Crippen molar-refractivity contribution in [2.45, 2.75) is 13.5 Å². The molecule has 12 heteroatoms. The van der Waals surface area contributed by atoms with Gasteiger partial charge in [0, 0.05) is 31.8 Å². The quantitative estimate of drug-likeness (QED) is 0.276. The van der Waals surface area contributed by atoms with Crippen LogP contribution in [0.1, 0.15) is 6.92 Å². The molecule has 0 bridgehead atoms. The van der Waals surface area contributed by atoms with Crippen molar-refractivity contribution in [3.05, 3.63) is 45.8 Å². The Labute approximate surface area is 209 Å². The number of likely N-dealkylation sites (N-methyl/N-ethyl adjacent to an activating group) is 1. The van der Waals surface area contributed by atoms with Gasteiger partial charge >= 0.3 is 0 Å². The molecule has 0 aliphatic rings. The zero-order chi connectivity index (χ0) is 24.0. The largest absolute Gasteiger partial charge is 0.478 e. The Balaban J connectivity index is 1.94. The van der Waals surface area contributed by atoms with E-state index in [9.17, 15) is 9.59 Å². The molecule has 1 aromatic carbocycles. The molecule has 33 heavy (non-hydrogen) atoms. The third-order valence-electron chi connectivity index (χ3n) is 4.72. The van der Waals surface area contributed by atoms with E-state index >= 15 is 0 Å². The first-order chi connectivity index (χ1) is 15.9. The second kappa shape index (κ2) is 11.5. The molecule has 10 nitrogen and oxygen atoms in total. The maximum absolute atomic E-state index is 12.8. The number of halogens is 2. The number of aryl methyl sites for hydroxylation is 1. The molecular weight excluding hydrogens is 563 g/mol. The number of ether oxygens (including phenoxy) is 2. The monoisotopic (exact) mass is 586 g/mol. The normalized spacial score (nSPS) is 10.8. The maximum Gasteiger partial charge on any atom is 0.293 e. The molecule has 3 rings (SSSR count). The first-order valence-electron chi connectivity index (χ1n) is 10.1. The Bertz CT molecular complexity index is 1210. The van der Waals surface area contributed by atoms with Gasteiger partial charge in [-0.3, -0.25) is 12.7 Å². The SMILES string of the molecule is CCn1c(=O)c(OCC(=O)NC)cc2cc(Nc3nc(N(I)CCOC)ncc3Cl)ccc21. The van der Waals surface area contributed by atoms with E-state index in [4.69, 9.17) is 21.1 Å². The Morgan fingerprint density at radius 2 is 2.12 bits per heavy atom. The van der Waals surface area contributed by atoms with Crippen molar-refractivity contribution >= 4 is 68.7 Å². The highest BCUT2D eigenvalue weighted by molar-refractivity contribution is 14.1. The Hall–Kier alpha value is -2.64. The molecule has 0 radical (unpaired) electrons. The van der Waals surface area contributed by atoms with Gasteiger partial charge in [-0.2, -0.15) is 4.98 Å². The van der Waals surface area contributed by atoms with Crippen molar-refractivity contribution in [2.24, 2.45) is 0 Å². The molecule has 2 heterocycles. The van der Waals surface area contributed by atoms with Gasteiger partial charge in [-0.1, -0.05) is 11.6 Å². The molecule has 0 fully saturated rings. The number of aromatic nitrogens is 3. The smallest absolute Gasteiger partial charge is 0.293 e. The van der Waals surface area contributed by atoms with Crippen LogP contribution in [-0.4, -0.2) is 54.4 Å². The second-order valence-electron chi connectivity index (χ2n) is 6.86. The lowest BCUT2D eigenvalue weighted by atomic mass is 10.1. The van der Waals surface area contributed by atoms with E-state index < -0.39 is 0 Å². The van der Waals surface area contributed by atoms with Gasteiger partial charge in [0.25, 0.3) is 11.5 Å². The van der Waals surface area contributed by atoms with E-state index in [1.807, 2.05) is 28.2 Å². The molecule has 2 aromatic heterocycles. The van der Waals surface area contributed by atoms with Gasteiger partial charge in [0.2, 0.25) is 5.95 Å². The molecule has 0 saturated heterocycles. The third kappa shape index (κ3) is 6.03. The predicted molar refractivity (Wildman–Crippen MR) is 137 cm³/mol. The summed E-state index contributed by atoms with van der Waals surface area (Å²) in [7, 11) is 3.14. The lowest BCUT2D eigenvalue weighted by Crippen LogP contribution is -2.28. The van der Waals surface area contributed by atoms with Crippen molar-refractivity contribution in [1.82, 2.24) is 19.9 Å². The zero-order valence-electron chi connectivity index (χ0n) is 18.4. The van der Waals surface area contributed by atoms with Crippen LogP contribution >= 0.6 is 34.5 Å². The van der Waals surface area contributed by atoms with Gasteiger partial charge in [0.15, 0.2) is 18.2 Å². The van der Waals surface area contributed by atoms with Crippen molar-refractivity contribution in [3.63, 3.8) is 0 Å². The topological polar surface area (TPSA) is 111 Å². The molecule has 2 N–H and O–H groups in total. The van der Waals surface area contributed by atoms with Crippen molar-refractivity contribution in [1.29, 1.82) is 0 Å². The summed E-state index contributed by atoms with van der Waals surface area (Å²) in [5, 5.41) is 6.80. The Kier molecular flexibility index (Phi) is 8.69. The molecule has 0 aliphatic heterocycles. The third-order valence-corrected chi connectivity index (χ3v) is 5.91. The zero-order valence-corrected chi connectivity index (χ0v) is 21.3. The van der Waals surface area contributed by atoms with Crippen molar-refractivity contribution < 1.29 is 14.3 Å². The fourth-order valence-electron chi connectivity index (χ4n) is 3.04. The minimum absolute atomic E-state index is 0.103. The molecule has 0 saturated carbocycles. The van der Waals surface area contributed by atoms with E-state index in [2.05, 4.69) is 43.5 Å². The standard InChI is InChI=1S/C21H24ClIN6O4/c1-4-28-16-6-5-14(9-13(16)10-17(20(28)31)33-12-18(30)24-2)26-19-15(22)11-25-21(27-19)29(23)7-8-32-3/h5-6,9-11H,4,7-8,12H2,1-3H3,(H,24,30)(H,25,26,27). The molecule has 176 valence electrons. The van der Waals surface area contributed by atoms with Gasteiger partial charge in [0.1, 0.15) is 5.02 Å². The van der Waals surface area contributed by atoms with Crippen LogP contribution in [-0.2, 0) is 16.1 Å². The van der Waals surface area contributed by atoms with E-state index in [1.54, 1.807) is 17.7 Å². The van der Waals surface area contributed by atoms with E-state index in [1.165, 1.54) is 13.2 Å². The van der Waals surface area contributed by atoms with Gasteiger partial charge in [-0.15, -0.1) is 0 Å². The number of pyridine rings is 1. The summed E-state index contributed by atoms with van der Waals surface area (Å²) in [4.78, 5) is 33.1. The first-order valence-corrected chi connectivity index (χ1v) is 11.4. The fourth-order valence-corrected chi connectivity index (χ4v) is 3.61. The highest BCUT2D eigenvalue weighted by Gasteiger charge is 2.14. The second-order valence-corrected chi connectivity index (χ2v) is 8.44. The average molecular weight is 587 g/mol. The van der Waals surface area contributed by atoms with Gasteiger partial charge in [-0.25, -0.2) is 4.98 Å². The summed E-state index contributed by atoms with van der Waals surface area (Å²) >= 11 is 8.43. The molecule has 1 amide bonds. The molecule has 0 unspecified atom stereocenters. The van der Waals surface area contributed by atoms with Crippen LogP contribution in [0.15, 0.2) is 35.3 Å². The fraction of sp³-hybridized carbons (Fsp3) is 0.333. The number of amides is 1. The number of nitrogens with one attached hydrogen (secondary N) is 2. The number of hydrogen-bond donors (Lipinski definition) is 2. The summed E-state index contributed by atoms with van der Waals surface area (Å²) < 4.78 is 14.0. The van der Waals surface area contributed by atoms with Crippen LogP contribution in [0.25, 0.3) is 10.9 Å². The molecule has 0 spiro atoms. The molecule has 0 aliphatic carbocycles. The number of carbonyl (C=O) groups is 1. The van der Waals surface area contributed by atoms with Crippen molar-refractivity contribution in [2.75, 3.05) is 42.3 Å². The highest BCUT2D eigenvalue weighted by atomic mass is 127. The van der Waals surface area contributed by atoms with Crippen LogP contribution in [0.3, 0.4) is 0 Å². The number of hydrogen-bond acceptors (Lipinski definition) is 8. The minimum Gasteiger partial charge on any atom is -0.478 e. The summed E-state index contributed by atoms with van der Waals surface area (Å²) in [5.74, 6) is 0.716. The Morgan fingerprint density at radius 1 is 1.33 bits per heavy atom. The van der Waals surface area contributed by atoms with Crippen LogP contribution in [0.4, 0.5) is 17.5 Å². The summed E-state index contributed by atoms with van der Waals surface area (Å²) in [6, 6.07) is 7.16.